The molecule has 61 heavy (non-hydrogen) atoms. The third-order valence-electron chi connectivity index (χ3n) is 11.0. The molecule has 0 unspecified atom stereocenters. The van der Waals surface area contributed by atoms with Crippen LogP contribution in [0, 0.1) is 5.41 Å². The molecule has 2 aliphatic rings. The van der Waals surface area contributed by atoms with Crippen LogP contribution in [0.2, 0.25) is 0 Å². The molecule has 3 atom stereocenters. The molecule has 14 nitrogen and oxygen atoms in total. The summed E-state index contributed by atoms with van der Waals surface area (Å²) in [7, 11) is 1.66. The van der Waals surface area contributed by atoms with Crippen molar-refractivity contribution in [2.24, 2.45) is 5.41 Å². The zero-order valence-corrected chi connectivity index (χ0v) is 36.2. The number of phenols is 1. The molecule has 3 aromatic heterocycles. The number of pyridine rings is 2. The van der Waals surface area contributed by atoms with Gasteiger partial charge < -0.3 is 33.9 Å². The number of hydrazine groups is 1. The molecule has 7 rings (SSSR count). The van der Waals surface area contributed by atoms with Gasteiger partial charge in [0.1, 0.15) is 34.9 Å². The van der Waals surface area contributed by atoms with Crippen molar-refractivity contribution in [2.75, 3.05) is 20.3 Å². The Kier molecular flexibility index (Phi) is 12.4. The molecule has 0 radical (unpaired) electrons. The van der Waals surface area contributed by atoms with Crippen LogP contribution in [0.1, 0.15) is 84.2 Å². The smallest absolute Gasteiger partial charge is 0.408 e. The molecule has 6 bridgehead atoms. The standard InChI is InChI=1S/C47H56N6O8/c1-9-52-40-15-14-30-22-35(40)37(42(52)36-23-34(26-49-41(36)28(2)58-8)60-33-12-10-16-48-25-33)24-47(6,7)27-59-44(56)38-13-11-17-53(51-38)43(55)39(50-45(57)61-46(3,4)5)20-29-18-31(30)21-32(54)19-29/h10,12,14-16,18-19,21-23,25-26,28,38-39,51,54H,9,11,13,17,20,24,27H2,1-8H3,(H,50,57)/t28-,38-,39-/m0/s1. The maximum absolute atomic E-state index is 14.2. The molecular weight excluding hydrogens is 777 g/mol. The average molecular weight is 833 g/mol. The first kappa shape index (κ1) is 43.1. The van der Waals surface area contributed by atoms with Gasteiger partial charge in [-0.25, -0.2) is 10.2 Å². The number of phenolic OH excluding ortho intramolecular Hbond substituents is 1. The van der Waals surface area contributed by atoms with Crippen LogP contribution in [0.3, 0.4) is 0 Å². The van der Waals surface area contributed by atoms with Gasteiger partial charge in [0, 0.05) is 54.7 Å². The van der Waals surface area contributed by atoms with Crippen molar-refractivity contribution >= 4 is 28.9 Å². The Bertz CT molecular complexity index is 2420. The van der Waals surface area contributed by atoms with Gasteiger partial charge in [-0.3, -0.25) is 24.6 Å². The predicted molar refractivity (Wildman–Crippen MR) is 231 cm³/mol. The number of alkyl carbamates (subject to hydrolysis) is 1. The largest absolute Gasteiger partial charge is 0.508 e. The van der Waals surface area contributed by atoms with E-state index in [0.717, 1.165) is 44.5 Å². The molecule has 2 amide bonds. The zero-order valence-electron chi connectivity index (χ0n) is 36.2. The molecule has 5 aromatic rings. The zero-order chi connectivity index (χ0) is 43.6. The van der Waals surface area contributed by atoms with Crippen LogP contribution in [0.4, 0.5) is 4.79 Å². The number of aryl methyl sites for hydroxylation is 1. The van der Waals surface area contributed by atoms with Crippen LogP contribution in [0.25, 0.3) is 33.3 Å². The SMILES string of the molecule is CCn1c(-c2cc(Oc3cccnc3)cnc2[C@H](C)OC)c2c3cc(ccc31)-c1cc(O)cc(c1)C[C@H](NC(=O)OC(C)(C)C)C(=O)N1CCC[C@H](N1)C(=O)OCC(C)(C)C2. The number of nitrogens with zero attached hydrogens (tertiary/aromatic N) is 4. The Morgan fingerprint density at radius 3 is 2.61 bits per heavy atom. The molecule has 3 N–H and O–H groups in total. The number of carbonyl (C=O) groups is 3. The molecule has 2 aromatic carbocycles. The van der Waals surface area contributed by atoms with Crippen LogP contribution in [-0.4, -0.2) is 80.6 Å². The Hall–Kier alpha value is -5.99. The van der Waals surface area contributed by atoms with E-state index >= 15 is 0 Å². The van der Waals surface area contributed by atoms with E-state index in [4.69, 9.17) is 23.9 Å². The second kappa shape index (κ2) is 17.5. The Morgan fingerprint density at radius 1 is 1.08 bits per heavy atom. The number of rotatable bonds is 7. The summed E-state index contributed by atoms with van der Waals surface area (Å²) in [6.45, 7) is 14.5. The summed E-state index contributed by atoms with van der Waals surface area (Å²) in [5.74, 6) is 0.195. The number of cyclic esters (lactones) is 1. The molecular formula is C47H56N6O8. The van der Waals surface area contributed by atoms with Crippen molar-refractivity contribution in [3.63, 3.8) is 0 Å². The highest BCUT2D eigenvalue weighted by molar-refractivity contribution is 5.95. The normalized spacial score (nSPS) is 18.9. The number of methoxy groups -OCH3 is 1. The van der Waals surface area contributed by atoms with Crippen molar-refractivity contribution in [1.82, 2.24) is 30.3 Å². The summed E-state index contributed by atoms with van der Waals surface area (Å²) in [6, 6.07) is 15.2. The minimum Gasteiger partial charge on any atom is -0.508 e. The number of amides is 2. The number of fused-ring (bicyclic) bond motifs is 6. The van der Waals surface area contributed by atoms with Gasteiger partial charge in [0.15, 0.2) is 0 Å². The topological polar surface area (TPSA) is 166 Å². The van der Waals surface area contributed by atoms with E-state index in [1.54, 1.807) is 58.6 Å². The highest BCUT2D eigenvalue weighted by atomic mass is 16.6. The predicted octanol–water partition coefficient (Wildman–Crippen LogP) is 8.05. The monoisotopic (exact) mass is 832 g/mol. The lowest BCUT2D eigenvalue weighted by Crippen LogP contribution is -2.60. The van der Waals surface area contributed by atoms with Gasteiger partial charge in [0.25, 0.3) is 5.91 Å². The van der Waals surface area contributed by atoms with E-state index in [1.807, 2.05) is 37.3 Å². The molecule has 1 saturated heterocycles. The van der Waals surface area contributed by atoms with Gasteiger partial charge in [0.2, 0.25) is 0 Å². The maximum Gasteiger partial charge on any atom is 0.408 e. The second-order valence-electron chi connectivity index (χ2n) is 17.6. The Labute approximate surface area is 356 Å². The minimum atomic E-state index is -1.09. The number of hydrogen-bond donors (Lipinski definition) is 3. The lowest BCUT2D eigenvalue weighted by atomic mass is 9.84. The van der Waals surface area contributed by atoms with Crippen LogP contribution < -0.4 is 15.5 Å². The number of ether oxygens (including phenoxy) is 4. The van der Waals surface area contributed by atoms with Crippen molar-refractivity contribution in [2.45, 2.75) is 104 Å². The molecule has 2 aliphatic heterocycles. The first-order valence-corrected chi connectivity index (χ1v) is 20.9. The molecule has 14 heteroatoms. The summed E-state index contributed by atoms with van der Waals surface area (Å²) < 4.78 is 26.1. The maximum atomic E-state index is 14.2. The van der Waals surface area contributed by atoms with Crippen LogP contribution in [0.15, 0.2) is 73.2 Å². The van der Waals surface area contributed by atoms with Gasteiger partial charge in [-0.2, -0.15) is 0 Å². The Morgan fingerprint density at radius 2 is 1.89 bits per heavy atom. The molecule has 0 spiro atoms. The number of hydrogen-bond acceptors (Lipinski definition) is 11. The van der Waals surface area contributed by atoms with E-state index in [2.05, 4.69) is 53.2 Å². The van der Waals surface area contributed by atoms with Crippen molar-refractivity contribution < 1.29 is 38.4 Å². The van der Waals surface area contributed by atoms with E-state index in [1.165, 1.54) is 5.01 Å². The van der Waals surface area contributed by atoms with Crippen LogP contribution >= 0.6 is 0 Å². The quantitative estimate of drug-likeness (QED) is 0.136. The summed E-state index contributed by atoms with van der Waals surface area (Å²) in [6.07, 6.45) is 5.45. The fourth-order valence-electron chi connectivity index (χ4n) is 8.14. The molecule has 0 saturated carbocycles. The van der Waals surface area contributed by atoms with Gasteiger partial charge in [-0.1, -0.05) is 26.0 Å². The van der Waals surface area contributed by atoms with Crippen molar-refractivity contribution in [3.05, 3.63) is 90.0 Å². The molecule has 5 heterocycles. The molecule has 322 valence electrons. The lowest BCUT2D eigenvalue weighted by molar-refractivity contribution is -0.155. The summed E-state index contributed by atoms with van der Waals surface area (Å²) in [5, 5.41) is 16.3. The average Bonchev–Trinajstić information content (AvgIpc) is 3.52. The van der Waals surface area contributed by atoms with E-state index in [-0.39, 0.29) is 24.9 Å². The fraction of sp³-hybridized carbons (Fsp3) is 0.426. The second-order valence-corrected chi connectivity index (χ2v) is 17.6. The lowest BCUT2D eigenvalue weighted by Gasteiger charge is -2.35. The number of aromatic hydroxyl groups is 1. The van der Waals surface area contributed by atoms with Crippen LogP contribution in [0.5, 0.6) is 17.2 Å². The summed E-state index contributed by atoms with van der Waals surface area (Å²) >= 11 is 0. The molecule has 0 aliphatic carbocycles. The van der Waals surface area contributed by atoms with E-state index in [0.29, 0.717) is 49.4 Å². The summed E-state index contributed by atoms with van der Waals surface area (Å²) in [5.41, 5.74) is 8.37. The van der Waals surface area contributed by atoms with Crippen molar-refractivity contribution in [3.8, 4) is 39.6 Å². The third-order valence-corrected chi connectivity index (χ3v) is 11.0. The van der Waals surface area contributed by atoms with Crippen molar-refractivity contribution in [1.29, 1.82) is 0 Å². The van der Waals surface area contributed by atoms with Gasteiger partial charge >= 0.3 is 12.1 Å². The number of esters is 1. The summed E-state index contributed by atoms with van der Waals surface area (Å²) in [4.78, 5) is 50.3. The van der Waals surface area contributed by atoms with Gasteiger partial charge in [0.05, 0.1) is 36.5 Å². The minimum absolute atomic E-state index is 0.00671. The highest BCUT2D eigenvalue weighted by Crippen LogP contribution is 2.43. The van der Waals surface area contributed by atoms with Crippen LogP contribution in [-0.2, 0) is 43.2 Å². The molecule has 1 fully saturated rings. The third kappa shape index (κ3) is 9.81. The van der Waals surface area contributed by atoms with E-state index in [9.17, 15) is 19.5 Å². The number of benzene rings is 2. The van der Waals surface area contributed by atoms with Gasteiger partial charge in [-0.05, 0) is 119 Å². The number of aromatic nitrogens is 3. The number of carbonyl (C=O) groups excluding carboxylic acids is 3. The first-order chi connectivity index (χ1) is 29.0. The fourth-order valence-corrected chi connectivity index (χ4v) is 8.14. The first-order valence-electron chi connectivity index (χ1n) is 20.9. The van der Waals surface area contributed by atoms with E-state index < -0.39 is 41.1 Å². The van der Waals surface area contributed by atoms with Gasteiger partial charge in [-0.15, -0.1) is 0 Å². The Balaban J connectivity index is 1.41. The number of nitrogens with one attached hydrogen (secondary N) is 2. The highest BCUT2D eigenvalue weighted by Gasteiger charge is 2.36.